The molecule has 3 aliphatic rings. The number of alkyl carbamates (subject to hydrolysis) is 1. The smallest absolute Gasteiger partial charge is 0.407 e. The Morgan fingerprint density at radius 1 is 1.06 bits per heavy atom. The van der Waals surface area contributed by atoms with Crippen LogP contribution in [0.25, 0.3) is 11.1 Å². The Bertz CT molecular complexity index is 1110. The summed E-state index contributed by atoms with van der Waals surface area (Å²) >= 11 is 0. The summed E-state index contributed by atoms with van der Waals surface area (Å²) in [5, 5.41) is 11.6. The molecule has 0 bridgehead atoms. The van der Waals surface area contributed by atoms with Gasteiger partial charge in [0.2, 0.25) is 5.91 Å². The van der Waals surface area contributed by atoms with Crippen molar-refractivity contribution in [3.05, 3.63) is 59.7 Å². The van der Waals surface area contributed by atoms with E-state index in [0.29, 0.717) is 6.42 Å². The van der Waals surface area contributed by atoms with Crippen LogP contribution in [0.3, 0.4) is 0 Å². The molecule has 2 aliphatic carbocycles. The van der Waals surface area contributed by atoms with Crippen LogP contribution in [0.2, 0.25) is 0 Å². The van der Waals surface area contributed by atoms with E-state index in [2.05, 4.69) is 5.32 Å². The molecule has 0 aromatic heterocycles. The zero-order valence-electron chi connectivity index (χ0n) is 18.2. The lowest BCUT2D eigenvalue weighted by Gasteiger charge is -2.21. The van der Waals surface area contributed by atoms with Gasteiger partial charge in [0.15, 0.2) is 0 Å². The van der Waals surface area contributed by atoms with Gasteiger partial charge >= 0.3 is 12.1 Å². The number of ether oxygens (including phenoxy) is 1. The van der Waals surface area contributed by atoms with Crippen molar-refractivity contribution in [1.29, 1.82) is 0 Å². The highest BCUT2D eigenvalue weighted by molar-refractivity contribution is 5.89. The number of carbonyl (C=O) groups excluding carboxylic acids is 2. The summed E-state index contributed by atoms with van der Waals surface area (Å²) in [5.41, 5.74) is 4.23. The van der Waals surface area contributed by atoms with E-state index in [1.807, 2.05) is 48.5 Å². The van der Waals surface area contributed by atoms with E-state index in [9.17, 15) is 28.3 Å². The topological polar surface area (TPSA) is 95.9 Å². The molecule has 5 rings (SSSR count). The number of hydrogen-bond donors (Lipinski definition) is 2. The van der Waals surface area contributed by atoms with Gasteiger partial charge in [0.1, 0.15) is 18.6 Å². The first-order chi connectivity index (χ1) is 16.3. The molecular weight excluding hydrogens is 446 g/mol. The fourth-order valence-corrected chi connectivity index (χ4v) is 5.29. The van der Waals surface area contributed by atoms with Gasteiger partial charge in [0, 0.05) is 19.0 Å². The lowest BCUT2D eigenvalue weighted by molar-refractivity contribution is -0.149. The molecule has 1 saturated heterocycles. The minimum absolute atomic E-state index is 0.0529. The van der Waals surface area contributed by atoms with E-state index >= 15 is 0 Å². The first kappa shape index (κ1) is 22.3. The van der Waals surface area contributed by atoms with Crippen molar-refractivity contribution in [3.8, 4) is 11.1 Å². The average Bonchev–Trinajstić information content (AvgIpc) is 3.17. The van der Waals surface area contributed by atoms with Gasteiger partial charge in [-0.25, -0.2) is 18.4 Å². The molecule has 7 nitrogen and oxygen atoms in total. The second kappa shape index (κ2) is 8.38. The number of amides is 2. The molecule has 2 fully saturated rings. The average molecular weight is 470 g/mol. The van der Waals surface area contributed by atoms with Crippen molar-refractivity contribution in [2.24, 2.45) is 11.8 Å². The number of aliphatic carboxylic acids is 1. The van der Waals surface area contributed by atoms with Crippen molar-refractivity contribution in [2.45, 2.75) is 30.7 Å². The van der Waals surface area contributed by atoms with E-state index < -0.39 is 48.3 Å². The Morgan fingerprint density at radius 3 is 2.29 bits per heavy atom. The summed E-state index contributed by atoms with van der Waals surface area (Å²) in [6, 6.07) is 14.6. The molecule has 3 atom stereocenters. The number of carbonyl (C=O) groups is 3. The van der Waals surface area contributed by atoms with Crippen LogP contribution in [0, 0.1) is 11.8 Å². The van der Waals surface area contributed by atoms with Crippen molar-refractivity contribution >= 4 is 18.0 Å². The number of benzene rings is 2. The minimum Gasteiger partial charge on any atom is -0.480 e. The van der Waals surface area contributed by atoms with Gasteiger partial charge in [-0.1, -0.05) is 48.5 Å². The fraction of sp³-hybridized carbons (Fsp3) is 0.400. The third-order valence-corrected chi connectivity index (χ3v) is 7.10. The van der Waals surface area contributed by atoms with Gasteiger partial charge in [-0.3, -0.25) is 4.79 Å². The SMILES string of the molecule is O=C(NCC1C(C(=O)N2CCC[C@@H]2C(=O)O)C1(F)F)OCC1c2ccccc2-c2ccccc21. The summed E-state index contributed by atoms with van der Waals surface area (Å²) in [5.74, 6) is -8.51. The van der Waals surface area contributed by atoms with Crippen LogP contribution in [-0.2, 0) is 14.3 Å². The highest BCUT2D eigenvalue weighted by atomic mass is 19.3. The van der Waals surface area contributed by atoms with E-state index in [1.54, 1.807) is 0 Å². The highest BCUT2D eigenvalue weighted by Gasteiger charge is 2.72. The maximum atomic E-state index is 14.3. The minimum atomic E-state index is -3.29. The van der Waals surface area contributed by atoms with Crippen LogP contribution in [0.4, 0.5) is 13.6 Å². The molecule has 2 N–H and O–H groups in total. The van der Waals surface area contributed by atoms with Crippen molar-refractivity contribution in [1.82, 2.24) is 10.2 Å². The number of fused-ring (bicyclic) bond motifs is 3. The Labute approximate surface area is 194 Å². The van der Waals surface area contributed by atoms with Gasteiger partial charge in [0.05, 0.1) is 5.92 Å². The number of hydrogen-bond acceptors (Lipinski definition) is 4. The first-order valence-electron chi connectivity index (χ1n) is 11.3. The number of likely N-dealkylation sites (tertiary alicyclic amines) is 1. The highest BCUT2D eigenvalue weighted by Crippen LogP contribution is 2.56. The first-order valence-corrected chi connectivity index (χ1v) is 11.3. The van der Waals surface area contributed by atoms with Gasteiger partial charge < -0.3 is 20.1 Å². The lowest BCUT2D eigenvalue weighted by atomic mass is 9.98. The van der Waals surface area contributed by atoms with Crippen molar-refractivity contribution in [2.75, 3.05) is 19.7 Å². The van der Waals surface area contributed by atoms with Crippen LogP contribution in [0.5, 0.6) is 0 Å². The van der Waals surface area contributed by atoms with E-state index in [0.717, 1.165) is 27.2 Å². The van der Waals surface area contributed by atoms with Crippen LogP contribution >= 0.6 is 0 Å². The molecule has 0 radical (unpaired) electrons. The van der Waals surface area contributed by atoms with Crippen LogP contribution in [0.1, 0.15) is 29.9 Å². The molecule has 178 valence electrons. The van der Waals surface area contributed by atoms with E-state index in [-0.39, 0.29) is 25.5 Å². The van der Waals surface area contributed by atoms with Crippen molar-refractivity contribution in [3.63, 3.8) is 0 Å². The number of carboxylic acids is 1. The Morgan fingerprint density at radius 2 is 1.68 bits per heavy atom. The third-order valence-electron chi connectivity index (χ3n) is 7.10. The fourth-order valence-electron chi connectivity index (χ4n) is 5.29. The number of halogens is 2. The molecule has 1 saturated carbocycles. The summed E-state index contributed by atoms with van der Waals surface area (Å²) in [6.45, 7) is -0.224. The zero-order chi connectivity index (χ0) is 24.0. The van der Waals surface area contributed by atoms with Gasteiger partial charge in [-0.05, 0) is 35.1 Å². The molecule has 0 spiro atoms. The second-order valence-corrected chi connectivity index (χ2v) is 8.99. The van der Waals surface area contributed by atoms with Crippen LogP contribution in [-0.4, -0.2) is 59.6 Å². The summed E-state index contributed by atoms with van der Waals surface area (Å²) < 4.78 is 34.0. The largest absolute Gasteiger partial charge is 0.480 e. The number of carboxylic acid groups (broad SMARTS) is 1. The quantitative estimate of drug-likeness (QED) is 0.674. The normalized spacial score (nSPS) is 24.3. The van der Waals surface area contributed by atoms with Crippen molar-refractivity contribution < 1.29 is 33.0 Å². The van der Waals surface area contributed by atoms with Gasteiger partial charge in [0.25, 0.3) is 5.92 Å². The molecule has 1 heterocycles. The predicted octanol–water partition coefficient (Wildman–Crippen LogP) is 3.48. The molecule has 2 aromatic rings. The summed E-state index contributed by atoms with van der Waals surface area (Å²) in [4.78, 5) is 37.2. The molecule has 2 amide bonds. The van der Waals surface area contributed by atoms with Crippen LogP contribution < -0.4 is 5.32 Å². The number of alkyl halides is 2. The molecule has 2 unspecified atom stereocenters. The van der Waals surface area contributed by atoms with E-state index in [1.165, 1.54) is 0 Å². The van der Waals surface area contributed by atoms with Crippen LogP contribution in [0.15, 0.2) is 48.5 Å². The third kappa shape index (κ3) is 3.69. The predicted molar refractivity (Wildman–Crippen MR) is 117 cm³/mol. The Balaban J connectivity index is 1.17. The molecule has 9 heteroatoms. The number of nitrogens with one attached hydrogen (secondary N) is 1. The molecule has 1 aliphatic heterocycles. The monoisotopic (exact) mass is 470 g/mol. The standard InChI is InChI=1S/C25H24F2N2O5/c26-25(27)19(21(25)22(30)29-11-5-10-20(29)23(31)32)12-28-24(33)34-13-18-16-8-3-1-6-14(16)15-7-2-4-9-17(15)18/h1-4,6-9,18-21H,5,10-13H2,(H,28,33)(H,31,32)/t19?,20-,21?/m1/s1. The molecule has 2 aromatic carbocycles. The van der Waals surface area contributed by atoms with Gasteiger partial charge in [-0.15, -0.1) is 0 Å². The second-order valence-electron chi connectivity index (χ2n) is 8.99. The number of rotatable bonds is 6. The maximum Gasteiger partial charge on any atom is 0.407 e. The Kier molecular flexibility index (Phi) is 5.50. The van der Waals surface area contributed by atoms with Gasteiger partial charge in [-0.2, -0.15) is 0 Å². The zero-order valence-corrected chi connectivity index (χ0v) is 18.2. The Hall–Kier alpha value is -3.49. The summed E-state index contributed by atoms with van der Waals surface area (Å²) in [7, 11) is 0. The lowest BCUT2D eigenvalue weighted by Crippen LogP contribution is -2.42. The molecular formula is C25H24F2N2O5. The maximum absolute atomic E-state index is 14.3. The summed E-state index contributed by atoms with van der Waals surface area (Å²) in [6.07, 6.45) is -0.119. The molecule has 34 heavy (non-hydrogen) atoms. The number of nitrogens with zero attached hydrogens (tertiary/aromatic N) is 1. The van der Waals surface area contributed by atoms with E-state index in [4.69, 9.17) is 4.74 Å².